The number of Topliss-reactive ketones (excluding diaryl/α,β-unsaturated/α-hetero) is 1. The van der Waals surface area contributed by atoms with Gasteiger partial charge in [-0.2, -0.15) is 0 Å². The number of aromatic hydroxyl groups is 1. The maximum atomic E-state index is 13.0. The molecule has 0 spiro atoms. The number of allylic oxidation sites excluding steroid dienone is 1. The molecule has 0 amide bonds. The molecule has 1 saturated carbocycles. The average molecular weight is 385 g/mol. The molecule has 0 bridgehead atoms. The number of hydrogen-bond acceptors (Lipinski definition) is 3. The topological polar surface area (TPSA) is 54.4 Å². The largest absolute Gasteiger partial charge is 0.508 e. The van der Waals surface area contributed by atoms with Crippen molar-refractivity contribution in [3.05, 3.63) is 34.4 Å². The van der Waals surface area contributed by atoms with Crippen molar-refractivity contribution in [2.24, 2.45) is 17.8 Å². The molecule has 1 atom stereocenters. The second kappa shape index (κ2) is 10.6. The lowest BCUT2D eigenvalue weighted by atomic mass is 9.71. The maximum absolute atomic E-state index is 13.0. The van der Waals surface area contributed by atoms with Gasteiger partial charge in [0.25, 0.3) is 0 Å². The molecule has 0 heterocycles. The van der Waals surface area contributed by atoms with E-state index in [0.29, 0.717) is 18.3 Å². The zero-order chi connectivity index (χ0) is 20.7. The van der Waals surface area contributed by atoms with Gasteiger partial charge in [-0.25, -0.2) is 0 Å². The number of phenols is 1. The van der Waals surface area contributed by atoms with Crippen LogP contribution in [0.15, 0.2) is 17.7 Å². The van der Waals surface area contributed by atoms with Gasteiger partial charge < -0.3 is 9.90 Å². The van der Waals surface area contributed by atoms with Gasteiger partial charge in [0, 0.05) is 12.3 Å². The van der Waals surface area contributed by atoms with Crippen molar-refractivity contribution >= 4 is 18.1 Å². The summed E-state index contributed by atoms with van der Waals surface area (Å²) in [6, 6.07) is 3.77. The summed E-state index contributed by atoms with van der Waals surface area (Å²) in [4.78, 5) is 23.7. The van der Waals surface area contributed by atoms with Crippen molar-refractivity contribution in [1.82, 2.24) is 0 Å². The van der Waals surface area contributed by atoms with Crippen LogP contribution >= 0.6 is 0 Å². The molecule has 2 rings (SSSR count). The van der Waals surface area contributed by atoms with Gasteiger partial charge >= 0.3 is 0 Å². The van der Waals surface area contributed by atoms with Crippen LogP contribution in [0.3, 0.4) is 0 Å². The van der Waals surface area contributed by atoms with Crippen LogP contribution in [0.2, 0.25) is 0 Å². The third-order valence-electron chi connectivity index (χ3n) is 6.45. The zero-order valence-corrected chi connectivity index (χ0v) is 18.0. The molecule has 1 unspecified atom stereocenters. The number of carbonyl (C=O) groups is 2. The Bertz CT molecular complexity index is 709. The van der Waals surface area contributed by atoms with Gasteiger partial charge in [0.2, 0.25) is 0 Å². The second-order valence-corrected chi connectivity index (χ2v) is 8.59. The number of benzene rings is 1. The molecule has 1 aromatic carbocycles. The van der Waals surface area contributed by atoms with Gasteiger partial charge in [0.05, 0.1) is 0 Å². The highest BCUT2D eigenvalue weighted by Crippen LogP contribution is 2.38. The SMILES string of the molecule is CCCC(CCC=O)C1CCC(C(=O)/C(C)=C/c2cc(C)cc(O)c2C)CC1. The lowest BCUT2D eigenvalue weighted by molar-refractivity contribution is -0.120. The molecule has 0 radical (unpaired) electrons. The zero-order valence-electron chi connectivity index (χ0n) is 18.0. The lowest BCUT2D eigenvalue weighted by Crippen LogP contribution is -2.26. The molecule has 154 valence electrons. The van der Waals surface area contributed by atoms with Gasteiger partial charge in [-0.3, -0.25) is 4.79 Å². The standard InChI is InChI=1S/C25H36O3/c1-5-7-20(8-6-13-26)21-9-11-22(12-10-21)25(28)18(3)16-23-14-17(2)15-24(27)19(23)4/h13-16,20-22,27H,5-12H2,1-4H3/b18-16+. The fraction of sp³-hybridized carbons (Fsp3) is 0.600. The van der Waals surface area contributed by atoms with Crippen LogP contribution in [0.5, 0.6) is 5.75 Å². The highest BCUT2D eigenvalue weighted by molar-refractivity contribution is 6.00. The molecule has 0 saturated heterocycles. The van der Waals surface area contributed by atoms with E-state index in [2.05, 4.69) is 6.92 Å². The normalized spacial score (nSPS) is 21.4. The predicted molar refractivity (Wildman–Crippen MR) is 115 cm³/mol. The van der Waals surface area contributed by atoms with E-state index >= 15 is 0 Å². The molecule has 1 fully saturated rings. The first kappa shape index (κ1) is 22.4. The first-order chi connectivity index (χ1) is 13.4. The van der Waals surface area contributed by atoms with Crippen molar-refractivity contribution in [2.75, 3.05) is 0 Å². The quantitative estimate of drug-likeness (QED) is 0.408. The van der Waals surface area contributed by atoms with Gasteiger partial charge in [-0.05, 0) is 99.1 Å². The lowest BCUT2D eigenvalue weighted by Gasteiger charge is -2.33. The van der Waals surface area contributed by atoms with E-state index < -0.39 is 0 Å². The predicted octanol–water partition coefficient (Wildman–Crippen LogP) is 6.18. The van der Waals surface area contributed by atoms with Crippen molar-refractivity contribution < 1.29 is 14.7 Å². The molecule has 1 aliphatic carbocycles. The summed E-state index contributed by atoms with van der Waals surface area (Å²) in [5.74, 6) is 1.92. The molecule has 28 heavy (non-hydrogen) atoms. The summed E-state index contributed by atoms with van der Waals surface area (Å²) in [5, 5.41) is 10.0. The molecular weight excluding hydrogens is 348 g/mol. The van der Waals surface area contributed by atoms with Crippen LogP contribution in [0, 0.1) is 31.6 Å². The van der Waals surface area contributed by atoms with E-state index in [1.165, 1.54) is 6.42 Å². The molecule has 3 heteroatoms. The van der Waals surface area contributed by atoms with Crippen molar-refractivity contribution in [2.45, 2.75) is 79.1 Å². The van der Waals surface area contributed by atoms with E-state index in [-0.39, 0.29) is 17.5 Å². The van der Waals surface area contributed by atoms with E-state index in [0.717, 1.165) is 67.1 Å². The fourth-order valence-corrected chi connectivity index (χ4v) is 4.76. The smallest absolute Gasteiger partial charge is 0.161 e. The first-order valence-corrected chi connectivity index (χ1v) is 10.8. The number of phenolic OH excluding ortho intramolecular Hbond substituents is 1. The van der Waals surface area contributed by atoms with Crippen LogP contribution in [-0.4, -0.2) is 17.2 Å². The molecule has 1 aliphatic rings. The van der Waals surface area contributed by atoms with Crippen molar-refractivity contribution in [3.63, 3.8) is 0 Å². The Labute approximate surface area is 170 Å². The minimum absolute atomic E-state index is 0.111. The van der Waals surface area contributed by atoms with E-state index in [9.17, 15) is 14.7 Å². The van der Waals surface area contributed by atoms with Crippen LogP contribution in [-0.2, 0) is 9.59 Å². The highest BCUT2D eigenvalue weighted by atomic mass is 16.3. The van der Waals surface area contributed by atoms with E-state index in [4.69, 9.17) is 0 Å². The van der Waals surface area contributed by atoms with Crippen LogP contribution in [0.4, 0.5) is 0 Å². The van der Waals surface area contributed by atoms with Gasteiger partial charge in [-0.15, -0.1) is 0 Å². The number of aryl methyl sites for hydroxylation is 1. The summed E-state index contributed by atoms with van der Waals surface area (Å²) < 4.78 is 0. The number of hydrogen-bond donors (Lipinski definition) is 1. The van der Waals surface area contributed by atoms with Crippen LogP contribution in [0.25, 0.3) is 6.08 Å². The Kier molecular flexibility index (Phi) is 8.47. The Morgan fingerprint density at radius 3 is 2.46 bits per heavy atom. The summed E-state index contributed by atoms with van der Waals surface area (Å²) in [7, 11) is 0. The summed E-state index contributed by atoms with van der Waals surface area (Å²) in [5.41, 5.74) is 3.52. The Hall–Kier alpha value is -1.90. The molecule has 1 aromatic rings. The van der Waals surface area contributed by atoms with Crippen LogP contribution in [0.1, 0.15) is 81.9 Å². The molecule has 0 aromatic heterocycles. The molecule has 1 N–H and O–H groups in total. The number of rotatable bonds is 9. The molecular formula is C25H36O3. The number of aldehydes is 1. The second-order valence-electron chi connectivity index (χ2n) is 8.59. The van der Waals surface area contributed by atoms with Crippen LogP contribution < -0.4 is 0 Å². The monoisotopic (exact) mass is 384 g/mol. The fourth-order valence-electron chi connectivity index (χ4n) is 4.76. The summed E-state index contributed by atoms with van der Waals surface area (Å²) in [6.45, 7) is 7.95. The highest BCUT2D eigenvalue weighted by Gasteiger charge is 2.30. The minimum atomic E-state index is 0.111. The average Bonchev–Trinajstić information content (AvgIpc) is 2.68. The van der Waals surface area contributed by atoms with E-state index in [1.807, 2.05) is 32.9 Å². The third-order valence-corrected chi connectivity index (χ3v) is 6.45. The third kappa shape index (κ3) is 5.80. The minimum Gasteiger partial charge on any atom is -0.508 e. The first-order valence-electron chi connectivity index (χ1n) is 10.8. The van der Waals surface area contributed by atoms with Crippen molar-refractivity contribution in [3.8, 4) is 5.75 Å². The Morgan fingerprint density at radius 1 is 1.18 bits per heavy atom. The molecule has 3 nitrogen and oxygen atoms in total. The van der Waals surface area contributed by atoms with Gasteiger partial charge in [-0.1, -0.05) is 25.8 Å². The summed E-state index contributed by atoms with van der Waals surface area (Å²) in [6.07, 6.45) is 11.1. The Morgan fingerprint density at radius 2 is 1.86 bits per heavy atom. The number of ketones is 1. The van der Waals surface area contributed by atoms with Gasteiger partial charge in [0.15, 0.2) is 5.78 Å². The maximum Gasteiger partial charge on any atom is 0.161 e. The van der Waals surface area contributed by atoms with E-state index in [1.54, 1.807) is 6.07 Å². The summed E-state index contributed by atoms with van der Waals surface area (Å²) >= 11 is 0. The number of carbonyl (C=O) groups excluding carboxylic acids is 2. The molecule has 0 aliphatic heterocycles. The Balaban J connectivity index is 2.01. The van der Waals surface area contributed by atoms with Gasteiger partial charge in [0.1, 0.15) is 12.0 Å². The van der Waals surface area contributed by atoms with Crippen molar-refractivity contribution in [1.29, 1.82) is 0 Å².